The Morgan fingerprint density at radius 1 is 1.29 bits per heavy atom. The average Bonchev–Trinajstić information content (AvgIpc) is 2.42. The molecule has 0 radical (unpaired) electrons. The minimum Gasteiger partial charge on any atom is -0.508 e. The van der Waals surface area contributed by atoms with Crippen molar-refractivity contribution in [3.63, 3.8) is 0 Å². The molecule has 0 fully saturated rings. The first kappa shape index (κ1) is 19.5. The molecule has 0 aliphatic carbocycles. The molecular weight excluding hydrogens is 260 g/mol. The lowest BCUT2D eigenvalue weighted by Gasteiger charge is -2.16. The van der Waals surface area contributed by atoms with Gasteiger partial charge in [0.25, 0.3) is 0 Å². The van der Waals surface area contributed by atoms with Crippen LogP contribution in [-0.2, 0) is 6.42 Å². The minimum atomic E-state index is -0.702. The van der Waals surface area contributed by atoms with E-state index < -0.39 is 5.60 Å². The summed E-state index contributed by atoms with van der Waals surface area (Å²) in [5, 5.41) is 18.7. The highest BCUT2D eigenvalue weighted by molar-refractivity contribution is 5.31. The van der Waals surface area contributed by atoms with E-state index in [9.17, 15) is 10.2 Å². The van der Waals surface area contributed by atoms with Crippen molar-refractivity contribution in [1.82, 2.24) is 0 Å². The monoisotopic (exact) mass is 290 g/mol. The van der Waals surface area contributed by atoms with Crippen LogP contribution in [0.2, 0.25) is 0 Å². The van der Waals surface area contributed by atoms with E-state index in [1.807, 2.05) is 18.2 Å². The number of para-hydroxylation sites is 1. The molecule has 2 nitrogen and oxygen atoms in total. The lowest BCUT2D eigenvalue weighted by Crippen LogP contribution is -2.19. The van der Waals surface area contributed by atoms with E-state index in [2.05, 4.69) is 33.4 Å². The van der Waals surface area contributed by atoms with Gasteiger partial charge in [0.2, 0.25) is 0 Å². The second-order valence-electron chi connectivity index (χ2n) is 5.76. The summed E-state index contributed by atoms with van der Waals surface area (Å²) in [5.74, 6) is 0.421. The molecule has 1 unspecified atom stereocenters. The van der Waals surface area contributed by atoms with E-state index in [-0.39, 0.29) is 0 Å². The number of aliphatic hydroxyl groups is 1. The van der Waals surface area contributed by atoms with Crippen LogP contribution in [0.3, 0.4) is 0 Å². The molecule has 0 bridgehead atoms. The number of hydrogen-bond donors (Lipinski definition) is 2. The first-order chi connectivity index (χ1) is 9.82. The van der Waals surface area contributed by atoms with E-state index in [0.717, 1.165) is 31.2 Å². The predicted octanol–water partition coefficient (Wildman–Crippen LogP) is 5.01. The van der Waals surface area contributed by atoms with Crippen molar-refractivity contribution in [2.75, 3.05) is 0 Å². The molecule has 0 saturated carbocycles. The Morgan fingerprint density at radius 3 is 2.38 bits per heavy atom. The van der Waals surface area contributed by atoms with Crippen LogP contribution < -0.4 is 0 Å². The molecule has 118 valence electrons. The van der Waals surface area contributed by atoms with Gasteiger partial charge in [0.1, 0.15) is 5.75 Å². The highest BCUT2D eigenvalue weighted by atomic mass is 16.3. The van der Waals surface area contributed by atoms with E-state index in [0.29, 0.717) is 5.75 Å². The maximum Gasteiger partial charge on any atom is 0.118 e. The average molecular weight is 290 g/mol. The largest absolute Gasteiger partial charge is 0.508 e. The van der Waals surface area contributed by atoms with Crippen molar-refractivity contribution >= 4 is 0 Å². The molecular formula is C19H30O2. The van der Waals surface area contributed by atoms with Gasteiger partial charge in [-0.1, -0.05) is 49.3 Å². The van der Waals surface area contributed by atoms with Gasteiger partial charge in [0.15, 0.2) is 0 Å². The summed E-state index contributed by atoms with van der Waals surface area (Å²) in [7, 11) is 0. The zero-order chi connectivity index (χ0) is 16.3. The van der Waals surface area contributed by atoms with Crippen LogP contribution in [0.1, 0.15) is 52.5 Å². The van der Waals surface area contributed by atoms with Crippen molar-refractivity contribution in [1.29, 1.82) is 0 Å². The second-order valence-corrected chi connectivity index (χ2v) is 5.76. The Bertz CT molecular complexity index is 441. The van der Waals surface area contributed by atoms with Gasteiger partial charge in [-0.05, 0) is 51.7 Å². The van der Waals surface area contributed by atoms with Gasteiger partial charge in [-0.3, -0.25) is 0 Å². The van der Waals surface area contributed by atoms with E-state index >= 15 is 0 Å². The van der Waals surface area contributed by atoms with E-state index in [1.165, 1.54) is 5.57 Å². The fraction of sp³-hybridized carbons (Fsp3) is 0.474. The summed E-state index contributed by atoms with van der Waals surface area (Å²) in [6, 6.07) is 7.48. The SMILES string of the molecule is C=CC(C)(O)CCC=C(C)C.CCCc1ccccc1O. The minimum absolute atomic E-state index is 0.421. The first-order valence-corrected chi connectivity index (χ1v) is 7.58. The predicted molar refractivity (Wildman–Crippen MR) is 91.6 cm³/mol. The van der Waals surface area contributed by atoms with E-state index in [4.69, 9.17) is 0 Å². The van der Waals surface area contributed by atoms with E-state index in [1.54, 1.807) is 19.1 Å². The molecule has 0 amide bonds. The third-order valence-electron chi connectivity index (χ3n) is 3.15. The maximum atomic E-state index is 9.49. The lowest BCUT2D eigenvalue weighted by atomic mass is 10.00. The summed E-state index contributed by atoms with van der Waals surface area (Å²) < 4.78 is 0. The van der Waals surface area contributed by atoms with Gasteiger partial charge in [-0.2, -0.15) is 0 Å². The first-order valence-electron chi connectivity index (χ1n) is 7.58. The number of phenols is 1. The number of aryl methyl sites for hydroxylation is 1. The molecule has 0 aliphatic rings. The second kappa shape index (κ2) is 10.2. The molecule has 0 aromatic heterocycles. The molecule has 1 aromatic carbocycles. The number of phenolic OH excluding ortho intramolecular Hbond substituents is 1. The summed E-state index contributed by atoms with van der Waals surface area (Å²) in [5.41, 5.74) is 1.64. The molecule has 0 saturated heterocycles. The number of aromatic hydroxyl groups is 1. The quantitative estimate of drug-likeness (QED) is 0.723. The molecule has 1 aromatic rings. The standard InChI is InChI=1S/C10H18O.C9H12O/c1-5-10(4,11)8-6-7-9(2)3;1-2-5-8-6-3-4-7-9(8)10/h5,7,11H,1,6,8H2,2-4H3;3-4,6-7,10H,2,5H2,1H3. The van der Waals surface area contributed by atoms with Gasteiger partial charge < -0.3 is 10.2 Å². The van der Waals surface area contributed by atoms with Crippen molar-refractivity contribution in [3.05, 3.63) is 54.1 Å². The van der Waals surface area contributed by atoms with Gasteiger partial charge in [0.05, 0.1) is 5.60 Å². The van der Waals surface area contributed by atoms with Crippen molar-refractivity contribution in [3.8, 4) is 5.75 Å². The Kier molecular flexibility index (Phi) is 9.48. The molecule has 0 aliphatic heterocycles. The number of benzene rings is 1. The molecule has 2 heteroatoms. The Morgan fingerprint density at radius 2 is 1.90 bits per heavy atom. The molecule has 1 rings (SSSR count). The van der Waals surface area contributed by atoms with Crippen molar-refractivity contribution in [2.24, 2.45) is 0 Å². The van der Waals surface area contributed by atoms with Crippen molar-refractivity contribution in [2.45, 2.75) is 59.0 Å². The molecule has 1 atom stereocenters. The zero-order valence-corrected chi connectivity index (χ0v) is 13.9. The number of rotatable bonds is 6. The van der Waals surface area contributed by atoms with Crippen LogP contribution in [0.5, 0.6) is 5.75 Å². The topological polar surface area (TPSA) is 40.5 Å². The smallest absolute Gasteiger partial charge is 0.118 e. The summed E-state index contributed by atoms with van der Waals surface area (Å²) in [6.07, 6.45) is 7.43. The normalized spacial score (nSPS) is 12.6. The molecule has 0 heterocycles. The van der Waals surface area contributed by atoms with Crippen molar-refractivity contribution < 1.29 is 10.2 Å². The fourth-order valence-electron chi connectivity index (χ4n) is 1.75. The van der Waals surface area contributed by atoms with Gasteiger partial charge in [0, 0.05) is 0 Å². The lowest BCUT2D eigenvalue weighted by molar-refractivity contribution is 0.103. The van der Waals surface area contributed by atoms with Crippen LogP contribution in [0, 0.1) is 0 Å². The third-order valence-corrected chi connectivity index (χ3v) is 3.15. The van der Waals surface area contributed by atoms with Gasteiger partial charge in [-0.15, -0.1) is 6.58 Å². The summed E-state index contributed by atoms with van der Waals surface area (Å²) in [4.78, 5) is 0. The summed E-state index contributed by atoms with van der Waals surface area (Å²) >= 11 is 0. The molecule has 0 spiro atoms. The van der Waals surface area contributed by atoms with Crippen LogP contribution in [0.25, 0.3) is 0 Å². The van der Waals surface area contributed by atoms with Crippen LogP contribution >= 0.6 is 0 Å². The Labute approximate surface area is 129 Å². The number of hydrogen-bond acceptors (Lipinski definition) is 2. The van der Waals surface area contributed by atoms with Gasteiger partial charge >= 0.3 is 0 Å². The maximum absolute atomic E-state index is 9.49. The highest BCUT2D eigenvalue weighted by Gasteiger charge is 2.12. The zero-order valence-electron chi connectivity index (χ0n) is 13.9. The third kappa shape index (κ3) is 9.91. The summed E-state index contributed by atoms with van der Waals surface area (Å²) in [6.45, 7) is 11.6. The number of allylic oxidation sites excluding steroid dienone is 2. The Balaban J connectivity index is 0.000000382. The molecule has 2 N–H and O–H groups in total. The fourth-order valence-corrected chi connectivity index (χ4v) is 1.75. The van der Waals surface area contributed by atoms with Crippen LogP contribution in [-0.4, -0.2) is 15.8 Å². The van der Waals surface area contributed by atoms with Crippen LogP contribution in [0.15, 0.2) is 48.6 Å². The highest BCUT2D eigenvalue weighted by Crippen LogP contribution is 2.16. The van der Waals surface area contributed by atoms with Crippen LogP contribution in [0.4, 0.5) is 0 Å². The Hall–Kier alpha value is -1.54. The van der Waals surface area contributed by atoms with Gasteiger partial charge in [-0.25, -0.2) is 0 Å². The molecule has 21 heavy (non-hydrogen) atoms.